The molecule has 0 spiro atoms. The van der Waals surface area contributed by atoms with Gasteiger partial charge in [0.15, 0.2) is 5.82 Å². The molecule has 1 aromatic heterocycles. The van der Waals surface area contributed by atoms with Gasteiger partial charge in [-0.2, -0.15) is 18.3 Å². The zero-order chi connectivity index (χ0) is 34.0. The molecule has 0 saturated heterocycles. The molecule has 1 unspecified atom stereocenters. The van der Waals surface area contributed by atoms with Crippen LogP contribution in [0.15, 0.2) is 58.2 Å². The minimum atomic E-state index is -5.04. The van der Waals surface area contributed by atoms with E-state index in [1.807, 2.05) is 24.3 Å². The molecule has 246 valence electrons. The molecule has 0 aliphatic carbocycles. The van der Waals surface area contributed by atoms with Gasteiger partial charge < -0.3 is 9.47 Å². The molecule has 2 aromatic carbocycles. The summed E-state index contributed by atoms with van der Waals surface area (Å²) < 4.78 is 54.5. The molecule has 0 fully saturated rings. The van der Waals surface area contributed by atoms with Crippen LogP contribution in [0.5, 0.6) is 0 Å². The van der Waals surface area contributed by atoms with E-state index in [1.54, 1.807) is 41.5 Å². The van der Waals surface area contributed by atoms with E-state index in [4.69, 9.17) is 9.47 Å². The molecule has 3 rings (SSSR count). The van der Waals surface area contributed by atoms with Crippen molar-refractivity contribution in [1.82, 2.24) is 14.3 Å². The Morgan fingerprint density at radius 1 is 0.911 bits per heavy atom. The summed E-state index contributed by atoms with van der Waals surface area (Å²) in [6.07, 6.45) is -7.46. The predicted octanol–water partition coefficient (Wildman–Crippen LogP) is 7.47. The second kappa shape index (κ2) is 13.4. The molecule has 45 heavy (non-hydrogen) atoms. The van der Waals surface area contributed by atoms with Gasteiger partial charge in [0.2, 0.25) is 0 Å². The van der Waals surface area contributed by atoms with Crippen molar-refractivity contribution in [2.45, 2.75) is 115 Å². The Labute approximate surface area is 266 Å². The zero-order valence-corrected chi connectivity index (χ0v) is 28.1. The lowest BCUT2D eigenvalue weighted by Gasteiger charge is -2.28. The summed E-state index contributed by atoms with van der Waals surface area (Å²) in [5.41, 5.74) is 0.125. The van der Waals surface area contributed by atoms with Gasteiger partial charge in [0.05, 0.1) is 12.1 Å². The Morgan fingerprint density at radius 3 is 1.98 bits per heavy atom. The lowest BCUT2D eigenvalue weighted by molar-refractivity contribution is -0.210. The van der Waals surface area contributed by atoms with Crippen LogP contribution in [0.2, 0.25) is 0 Å². The van der Waals surface area contributed by atoms with E-state index in [9.17, 15) is 27.6 Å². The molecule has 0 radical (unpaired) electrons. The van der Waals surface area contributed by atoms with Crippen LogP contribution in [0, 0.1) is 0 Å². The molecule has 0 aliphatic rings. The van der Waals surface area contributed by atoms with Crippen molar-refractivity contribution >= 4 is 23.7 Å². The number of nitrogens with zero attached hydrogens (tertiary/aromatic N) is 3. The Morgan fingerprint density at radius 2 is 1.49 bits per heavy atom. The maximum Gasteiger partial charge on any atom is 0.433 e. The van der Waals surface area contributed by atoms with Crippen molar-refractivity contribution in [2.75, 3.05) is 0 Å². The molecule has 8 nitrogen and oxygen atoms in total. The molecule has 0 N–H and O–H groups in total. The van der Waals surface area contributed by atoms with Crippen molar-refractivity contribution in [3.63, 3.8) is 0 Å². The highest BCUT2D eigenvalue weighted by Gasteiger charge is 2.48. The summed E-state index contributed by atoms with van der Waals surface area (Å²) in [5.74, 6) is -2.36. The summed E-state index contributed by atoms with van der Waals surface area (Å²) in [5, 5.41) is 4.03. The van der Waals surface area contributed by atoms with Gasteiger partial charge in [-0.3, -0.25) is 9.36 Å². The van der Waals surface area contributed by atoms with Crippen molar-refractivity contribution < 1.29 is 32.2 Å². The fourth-order valence-electron chi connectivity index (χ4n) is 4.31. The number of carbonyl (C=O) groups excluding carboxylic acids is 2. The van der Waals surface area contributed by atoms with Crippen LogP contribution in [0.4, 0.5) is 13.2 Å². The second-order valence-electron chi connectivity index (χ2n) is 13.4. The van der Waals surface area contributed by atoms with Crippen LogP contribution in [-0.2, 0) is 32.8 Å². The molecule has 1 atom stereocenters. The number of thioether (sulfide) groups is 1. The Kier molecular flexibility index (Phi) is 10.7. The van der Waals surface area contributed by atoms with Gasteiger partial charge in [-0.25, -0.2) is 14.3 Å². The first-order valence-corrected chi connectivity index (χ1v) is 15.5. The molecule has 0 amide bonds. The highest BCUT2D eigenvalue weighted by molar-refractivity contribution is 8.01. The maximum atomic E-state index is 14.4. The number of ether oxygens (including phenoxy) is 2. The quantitative estimate of drug-likeness (QED) is 0.166. The van der Waals surface area contributed by atoms with Crippen LogP contribution in [0.3, 0.4) is 0 Å². The van der Waals surface area contributed by atoms with E-state index < -0.39 is 46.1 Å². The van der Waals surface area contributed by atoms with E-state index in [-0.39, 0.29) is 24.1 Å². The number of halogens is 3. The first-order chi connectivity index (χ1) is 20.6. The largest absolute Gasteiger partial charge is 0.459 e. The standard InChI is InChI=1S/C33H42F3N3O5S/c1-10-19-38-26(37-39(29(38)42)20-21-11-15-23(16-12-21)30(2,3)4)25(33(34,35)36)43-27(40)22-13-17-24(18-14-22)45-32(8,9)28(41)44-31(5,6)7/h11-18,25H,10,19-20H2,1-9H3. The third-order valence-electron chi connectivity index (χ3n) is 6.66. The van der Waals surface area contributed by atoms with Crippen LogP contribution in [-0.4, -0.2) is 42.8 Å². The topological polar surface area (TPSA) is 92.4 Å². The van der Waals surface area contributed by atoms with E-state index >= 15 is 0 Å². The molecule has 0 aliphatic heterocycles. The van der Waals surface area contributed by atoms with Crippen molar-refractivity contribution in [2.24, 2.45) is 0 Å². The Bertz CT molecular complexity index is 1550. The maximum absolute atomic E-state index is 14.4. The zero-order valence-electron chi connectivity index (χ0n) is 27.2. The van der Waals surface area contributed by atoms with Gasteiger partial charge in [-0.1, -0.05) is 52.0 Å². The van der Waals surface area contributed by atoms with Gasteiger partial charge in [0, 0.05) is 11.4 Å². The average molecular weight is 650 g/mol. The molecule has 1 heterocycles. The third kappa shape index (κ3) is 9.48. The summed E-state index contributed by atoms with van der Waals surface area (Å²) in [7, 11) is 0. The Balaban J connectivity index is 1.86. The first-order valence-electron chi connectivity index (χ1n) is 14.7. The monoisotopic (exact) mass is 649 g/mol. The highest BCUT2D eigenvalue weighted by atomic mass is 32.2. The predicted molar refractivity (Wildman–Crippen MR) is 167 cm³/mol. The fraction of sp³-hybridized carbons (Fsp3) is 0.515. The van der Waals surface area contributed by atoms with E-state index in [0.717, 1.165) is 14.8 Å². The van der Waals surface area contributed by atoms with Crippen LogP contribution >= 0.6 is 11.8 Å². The normalized spacial score (nSPS) is 13.4. The summed E-state index contributed by atoms with van der Waals surface area (Å²) in [6.45, 7) is 16.5. The molecule has 0 bridgehead atoms. The lowest BCUT2D eigenvalue weighted by Crippen LogP contribution is -2.36. The summed E-state index contributed by atoms with van der Waals surface area (Å²) in [6, 6.07) is 13.1. The summed E-state index contributed by atoms with van der Waals surface area (Å²) in [4.78, 5) is 39.4. The minimum Gasteiger partial charge on any atom is -0.459 e. The number of aromatic nitrogens is 3. The second-order valence-corrected chi connectivity index (χ2v) is 15.1. The highest BCUT2D eigenvalue weighted by Crippen LogP contribution is 2.37. The van der Waals surface area contributed by atoms with Crippen LogP contribution in [0.1, 0.15) is 102 Å². The number of carbonyl (C=O) groups is 2. The van der Waals surface area contributed by atoms with Gasteiger partial charge in [-0.15, -0.1) is 11.8 Å². The smallest absolute Gasteiger partial charge is 0.433 e. The molecular weight excluding hydrogens is 607 g/mol. The summed E-state index contributed by atoms with van der Waals surface area (Å²) >= 11 is 1.19. The van der Waals surface area contributed by atoms with Crippen LogP contribution in [0.25, 0.3) is 0 Å². The number of benzene rings is 2. The van der Waals surface area contributed by atoms with Crippen LogP contribution < -0.4 is 5.69 Å². The number of hydrogen-bond donors (Lipinski definition) is 0. The number of alkyl halides is 3. The Hall–Kier alpha value is -3.54. The van der Waals surface area contributed by atoms with E-state index in [0.29, 0.717) is 16.9 Å². The number of esters is 2. The number of rotatable bonds is 10. The van der Waals surface area contributed by atoms with E-state index in [2.05, 4.69) is 25.9 Å². The molecular formula is C33H42F3N3O5S. The van der Waals surface area contributed by atoms with Crippen molar-refractivity contribution in [3.8, 4) is 0 Å². The van der Waals surface area contributed by atoms with E-state index in [1.165, 1.54) is 36.0 Å². The van der Waals surface area contributed by atoms with Gasteiger partial charge in [0.25, 0.3) is 6.10 Å². The molecule has 3 aromatic rings. The van der Waals surface area contributed by atoms with Gasteiger partial charge >= 0.3 is 23.8 Å². The molecule has 12 heteroatoms. The van der Waals surface area contributed by atoms with Crippen molar-refractivity contribution in [3.05, 3.63) is 81.5 Å². The van der Waals surface area contributed by atoms with Gasteiger partial charge in [-0.05, 0) is 81.8 Å². The molecule has 0 saturated carbocycles. The third-order valence-corrected chi connectivity index (χ3v) is 7.85. The van der Waals surface area contributed by atoms with Gasteiger partial charge in [0.1, 0.15) is 10.3 Å². The first kappa shape index (κ1) is 35.9. The SMILES string of the molecule is CCCn1c(C(OC(=O)c2ccc(SC(C)(C)C(=O)OC(C)(C)C)cc2)C(F)(F)F)nn(Cc2ccc(C(C)(C)C)cc2)c1=O. The fourth-order valence-corrected chi connectivity index (χ4v) is 5.30. The lowest BCUT2D eigenvalue weighted by atomic mass is 9.87. The average Bonchev–Trinajstić information content (AvgIpc) is 3.20. The van der Waals surface area contributed by atoms with Crippen molar-refractivity contribution in [1.29, 1.82) is 0 Å². The number of hydrogen-bond acceptors (Lipinski definition) is 7. The minimum absolute atomic E-state index is 0.0411.